The summed E-state index contributed by atoms with van der Waals surface area (Å²) in [5.74, 6) is -0.228. The summed E-state index contributed by atoms with van der Waals surface area (Å²) in [6.07, 6.45) is -0.905. The number of hydrogen-bond donors (Lipinski definition) is 2. The summed E-state index contributed by atoms with van der Waals surface area (Å²) in [5, 5.41) is 15.7. The van der Waals surface area contributed by atoms with Crippen LogP contribution < -0.4 is 5.32 Å². The van der Waals surface area contributed by atoms with Crippen molar-refractivity contribution in [2.24, 2.45) is 0 Å². The van der Waals surface area contributed by atoms with E-state index in [-0.39, 0.29) is 30.4 Å². The van der Waals surface area contributed by atoms with Gasteiger partial charge in [-0.3, -0.25) is 4.79 Å². The Morgan fingerprint density at radius 2 is 1.52 bits per heavy atom. The molecule has 33 heavy (non-hydrogen) atoms. The predicted molar refractivity (Wildman–Crippen MR) is 131 cm³/mol. The molecule has 1 atom stereocenters. The van der Waals surface area contributed by atoms with Crippen LogP contribution in [0.5, 0.6) is 0 Å². The second-order valence-corrected chi connectivity index (χ2v) is 9.90. The van der Waals surface area contributed by atoms with Crippen LogP contribution in [0.2, 0.25) is 0 Å². The third kappa shape index (κ3) is 4.64. The van der Waals surface area contributed by atoms with Crippen LogP contribution in [0.3, 0.4) is 0 Å². The van der Waals surface area contributed by atoms with Crippen molar-refractivity contribution in [3.63, 3.8) is 0 Å². The van der Waals surface area contributed by atoms with E-state index in [0.29, 0.717) is 5.69 Å². The Kier molecular flexibility index (Phi) is 6.51. The monoisotopic (exact) mass is 465 g/mol. The summed E-state index contributed by atoms with van der Waals surface area (Å²) in [6, 6.07) is 22.0. The Morgan fingerprint density at radius 3 is 2.03 bits per heavy atom. The van der Waals surface area contributed by atoms with Crippen molar-refractivity contribution in [2.75, 3.05) is 18.4 Å². The maximum Gasteiger partial charge on any atom is 0.243 e. The number of carbonyl (C=O) groups is 1. The second-order valence-electron chi connectivity index (χ2n) is 7.96. The first-order chi connectivity index (χ1) is 15.8. The average molecular weight is 466 g/mol. The smallest absolute Gasteiger partial charge is 0.243 e. The second kappa shape index (κ2) is 9.35. The summed E-state index contributed by atoms with van der Waals surface area (Å²) in [5.41, 5.74) is 2.52. The summed E-state index contributed by atoms with van der Waals surface area (Å²) in [4.78, 5) is 11.3. The highest BCUT2D eigenvalue weighted by atomic mass is 32.2. The third-order valence-corrected chi connectivity index (χ3v) is 7.61. The highest BCUT2D eigenvalue weighted by Crippen LogP contribution is 2.29. The summed E-state index contributed by atoms with van der Waals surface area (Å²) >= 11 is 0. The number of aliphatic hydroxyl groups is 1. The molecule has 1 unspecified atom stereocenters. The molecule has 8 heteroatoms. The van der Waals surface area contributed by atoms with E-state index in [1.165, 1.54) is 23.4 Å². The number of aliphatic hydroxyl groups excluding tert-OH is 1. The fraction of sp³-hybridized carbons (Fsp3) is 0.240. The van der Waals surface area contributed by atoms with Gasteiger partial charge in [-0.2, -0.15) is 4.31 Å². The van der Waals surface area contributed by atoms with Crippen LogP contribution in [-0.4, -0.2) is 47.5 Å². The van der Waals surface area contributed by atoms with Crippen LogP contribution in [0.15, 0.2) is 77.7 Å². The van der Waals surface area contributed by atoms with Crippen LogP contribution in [0.4, 0.5) is 5.69 Å². The van der Waals surface area contributed by atoms with Crippen molar-refractivity contribution < 1.29 is 18.3 Å². The number of benzene rings is 3. The van der Waals surface area contributed by atoms with E-state index < -0.39 is 16.1 Å². The lowest BCUT2D eigenvalue weighted by Gasteiger charge is -2.24. The van der Waals surface area contributed by atoms with E-state index in [4.69, 9.17) is 0 Å². The molecule has 4 aromatic rings. The summed E-state index contributed by atoms with van der Waals surface area (Å²) in [7, 11) is -3.80. The van der Waals surface area contributed by atoms with Crippen molar-refractivity contribution in [2.45, 2.75) is 31.4 Å². The Labute approximate surface area is 193 Å². The number of nitrogens with zero attached hydrogens (tertiary/aromatic N) is 2. The molecule has 0 spiro atoms. The molecule has 3 aromatic carbocycles. The minimum Gasteiger partial charge on any atom is -0.390 e. The largest absolute Gasteiger partial charge is 0.390 e. The van der Waals surface area contributed by atoms with Gasteiger partial charge in [0.2, 0.25) is 15.9 Å². The van der Waals surface area contributed by atoms with E-state index in [1.807, 2.05) is 53.1 Å². The molecule has 0 radical (unpaired) electrons. The van der Waals surface area contributed by atoms with Gasteiger partial charge in [0.25, 0.3) is 0 Å². The SMILES string of the molecule is CCN(CC(O)Cn1c2ccccc2c2ccccc21)S(=O)(=O)c1ccc(NC(C)=O)cc1. The Bertz CT molecular complexity index is 1340. The lowest BCUT2D eigenvalue weighted by molar-refractivity contribution is -0.114. The molecule has 4 rings (SSSR count). The van der Waals surface area contributed by atoms with E-state index in [9.17, 15) is 18.3 Å². The molecular formula is C25H27N3O4S. The van der Waals surface area contributed by atoms with Gasteiger partial charge >= 0.3 is 0 Å². The Morgan fingerprint density at radius 1 is 0.970 bits per heavy atom. The molecule has 0 aliphatic carbocycles. The first-order valence-corrected chi connectivity index (χ1v) is 12.3. The molecule has 1 aromatic heterocycles. The molecule has 1 amide bonds. The molecule has 1 heterocycles. The molecular weight excluding hydrogens is 438 g/mol. The minimum atomic E-state index is -3.80. The molecule has 0 saturated heterocycles. The van der Waals surface area contributed by atoms with Gasteiger partial charge in [0, 0.05) is 47.5 Å². The van der Waals surface area contributed by atoms with E-state index in [1.54, 1.807) is 19.1 Å². The van der Waals surface area contributed by atoms with Crippen molar-refractivity contribution in [1.82, 2.24) is 8.87 Å². The Hall–Kier alpha value is -3.20. The normalized spacial score (nSPS) is 13.0. The van der Waals surface area contributed by atoms with Crippen molar-refractivity contribution in [3.8, 4) is 0 Å². The zero-order valence-corrected chi connectivity index (χ0v) is 19.4. The lowest BCUT2D eigenvalue weighted by atomic mass is 10.2. The number of carbonyl (C=O) groups excluding carboxylic acids is 1. The quantitative estimate of drug-likeness (QED) is 0.414. The summed E-state index contributed by atoms with van der Waals surface area (Å²) < 4.78 is 29.7. The molecule has 0 saturated carbocycles. The minimum absolute atomic E-state index is 0.0346. The average Bonchev–Trinajstić information content (AvgIpc) is 3.11. The van der Waals surface area contributed by atoms with Crippen LogP contribution in [0, 0.1) is 0 Å². The number of anilines is 1. The topological polar surface area (TPSA) is 91.6 Å². The van der Waals surface area contributed by atoms with Crippen LogP contribution >= 0.6 is 0 Å². The van der Waals surface area contributed by atoms with Gasteiger partial charge < -0.3 is 15.0 Å². The Balaban J connectivity index is 1.57. The number of sulfonamides is 1. The van der Waals surface area contributed by atoms with Crippen molar-refractivity contribution in [3.05, 3.63) is 72.8 Å². The number of fused-ring (bicyclic) bond motifs is 3. The van der Waals surface area contributed by atoms with Crippen LogP contribution in [0.1, 0.15) is 13.8 Å². The zero-order chi connectivity index (χ0) is 23.6. The van der Waals surface area contributed by atoms with Crippen LogP contribution in [-0.2, 0) is 21.4 Å². The highest BCUT2D eigenvalue weighted by molar-refractivity contribution is 7.89. The van der Waals surface area contributed by atoms with Crippen molar-refractivity contribution in [1.29, 1.82) is 0 Å². The number of rotatable bonds is 8. The standard InChI is InChI=1S/C25H27N3O4S/c1-3-27(33(31,32)21-14-12-19(13-15-21)26-18(2)29)16-20(30)17-28-24-10-6-4-8-22(24)23-9-5-7-11-25(23)28/h4-15,20,30H,3,16-17H2,1-2H3,(H,26,29). The number of likely N-dealkylation sites (N-methyl/N-ethyl adjacent to an activating group) is 1. The van der Waals surface area contributed by atoms with Gasteiger partial charge in [0.15, 0.2) is 0 Å². The van der Waals surface area contributed by atoms with Crippen molar-refractivity contribution >= 4 is 43.4 Å². The van der Waals surface area contributed by atoms with Gasteiger partial charge in [0.1, 0.15) is 0 Å². The fourth-order valence-corrected chi connectivity index (χ4v) is 5.65. The molecule has 2 N–H and O–H groups in total. The fourth-order valence-electron chi connectivity index (χ4n) is 4.16. The van der Waals surface area contributed by atoms with Gasteiger partial charge in [-0.25, -0.2) is 8.42 Å². The summed E-state index contributed by atoms with van der Waals surface area (Å²) in [6.45, 7) is 3.59. The van der Waals surface area contributed by atoms with E-state index >= 15 is 0 Å². The molecule has 0 fully saturated rings. The highest BCUT2D eigenvalue weighted by Gasteiger charge is 2.26. The van der Waals surface area contributed by atoms with E-state index in [2.05, 4.69) is 5.32 Å². The first-order valence-electron chi connectivity index (χ1n) is 10.8. The first kappa shape index (κ1) is 23.0. The molecule has 0 aliphatic rings. The lowest BCUT2D eigenvalue weighted by Crippen LogP contribution is -2.38. The number of hydrogen-bond acceptors (Lipinski definition) is 4. The van der Waals surface area contributed by atoms with Gasteiger partial charge in [0.05, 0.1) is 17.5 Å². The molecule has 7 nitrogen and oxygen atoms in total. The van der Waals surface area contributed by atoms with Crippen LogP contribution in [0.25, 0.3) is 21.8 Å². The van der Waals surface area contributed by atoms with Gasteiger partial charge in [-0.05, 0) is 36.4 Å². The van der Waals surface area contributed by atoms with E-state index in [0.717, 1.165) is 21.8 Å². The van der Waals surface area contributed by atoms with Gasteiger partial charge in [-0.15, -0.1) is 0 Å². The maximum atomic E-state index is 13.2. The zero-order valence-electron chi connectivity index (χ0n) is 18.6. The number of amides is 1. The molecule has 0 aliphatic heterocycles. The molecule has 0 bridgehead atoms. The third-order valence-electron chi connectivity index (χ3n) is 5.65. The number of aromatic nitrogens is 1. The maximum absolute atomic E-state index is 13.2. The number of nitrogens with one attached hydrogen (secondary N) is 1. The molecule has 172 valence electrons. The van der Waals surface area contributed by atoms with Gasteiger partial charge in [-0.1, -0.05) is 43.3 Å². The number of para-hydroxylation sites is 2. The predicted octanol–water partition coefficient (Wildman–Crippen LogP) is 3.82.